The summed E-state index contributed by atoms with van der Waals surface area (Å²) in [7, 11) is 0. The average molecular weight is 142 g/mol. The Bertz CT molecular complexity index is 131. The molecule has 1 saturated heterocycles. The first kappa shape index (κ1) is 7.61. The van der Waals surface area contributed by atoms with Crippen molar-refractivity contribution in [1.29, 1.82) is 0 Å². The SMILES string of the molecule is C=C1C[C@H](O)C[C@@H](CC)O1. The van der Waals surface area contributed by atoms with E-state index in [0.717, 1.165) is 18.6 Å². The summed E-state index contributed by atoms with van der Waals surface area (Å²) in [6.07, 6.45) is 2.28. The molecule has 2 heteroatoms. The van der Waals surface area contributed by atoms with Crippen LogP contribution in [0.4, 0.5) is 0 Å². The zero-order valence-corrected chi connectivity index (χ0v) is 6.34. The lowest BCUT2D eigenvalue weighted by atomic mass is 10.0. The second-order valence-corrected chi connectivity index (χ2v) is 2.78. The molecule has 0 amide bonds. The molecule has 0 bridgehead atoms. The number of rotatable bonds is 1. The molecule has 1 fully saturated rings. The van der Waals surface area contributed by atoms with Crippen LogP contribution in [0, 0.1) is 0 Å². The molecule has 0 aromatic carbocycles. The van der Waals surface area contributed by atoms with E-state index in [2.05, 4.69) is 13.5 Å². The molecule has 10 heavy (non-hydrogen) atoms. The van der Waals surface area contributed by atoms with Crippen LogP contribution in [0.3, 0.4) is 0 Å². The van der Waals surface area contributed by atoms with Gasteiger partial charge in [-0.05, 0) is 6.42 Å². The van der Waals surface area contributed by atoms with E-state index in [-0.39, 0.29) is 12.2 Å². The first-order valence-corrected chi connectivity index (χ1v) is 3.75. The highest BCUT2D eigenvalue weighted by molar-refractivity contribution is 4.92. The zero-order valence-electron chi connectivity index (χ0n) is 6.34. The number of aliphatic hydroxyl groups is 1. The smallest absolute Gasteiger partial charge is 0.100 e. The molecule has 2 nitrogen and oxygen atoms in total. The van der Waals surface area contributed by atoms with Crippen LogP contribution in [0.1, 0.15) is 26.2 Å². The van der Waals surface area contributed by atoms with Gasteiger partial charge in [-0.1, -0.05) is 13.5 Å². The van der Waals surface area contributed by atoms with Gasteiger partial charge in [0.25, 0.3) is 0 Å². The van der Waals surface area contributed by atoms with Gasteiger partial charge in [-0.25, -0.2) is 0 Å². The molecule has 1 rings (SSSR count). The Kier molecular flexibility index (Phi) is 2.33. The molecule has 0 aromatic heterocycles. The van der Waals surface area contributed by atoms with Crippen molar-refractivity contribution in [1.82, 2.24) is 0 Å². The quantitative estimate of drug-likeness (QED) is 0.600. The molecular formula is C8H14O2. The fourth-order valence-electron chi connectivity index (χ4n) is 1.23. The molecule has 1 heterocycles. The van der Waals surface area contributed by atoms with Crippen LogP contribution in [0.25, 0.3) is 0 Å². The van der Waals surface area contributed by atoms with Crippen molar-refractivity contribution in [2.24, 2.45) is 0 Å². The second-order valence-electron chi connectivity index (χ2n) is 2.78. The van der Waals surface area contributed by atoms with E-state index in [1.54, 1.807) is 0 Å². The Morgan fingerprint density at radius 2 is 2.50 bits per heavy atom. The van der Waals surface area contributed by atoms with E-state index in [0.29, 0.717) is 6.42 Å². The Morgan fingerprint density at radius 3 is 3.00 bits per heavy atom. The number of ether oxygens (including phenoxy) is 1. The summed E-state index contributed by atoms with van der Waals surface area (Å²) in [5, 5.41) is 9.24. The Morgan fingerprint density at radius 1 is 1.80 bits per heavy atom. The summed E-state index contributed by atoms with van der Waals surface area (Å²) in [6, 6.07) is 0. The topological polar surface area (TPSA) is 29.5 Å². The molecule has 0 spiro atoms. The van der Waals surface area contributed by atoms with Gasteiger partial charge in [0.15, 0.2) is 0 Å². The molecule has 1 N–H and O–H groups in total. The first-order valence-electron chi connectivity index (χ1n) is 3.75. The van der Waals surface area contributed by atoms with E-state index < -0.39 is 0 Å². The van der Waals surface area contributed by atoms with E-state index in [1.807, 2.05) is 0 Å². The fraction of sp³-hybridized carbons (Fsp3) is 0.750. The zero-order chi connectivity index (χ0) is 7.56. The van der Waals surface area contributed by atoms with Crippen molar-refractivity contribution < 1.29 is 9.84 Å². The van der Waals surface area contributed by atoms with E-state index >= 15 is 0 Å². The van der Waals surface area contributed by atoms with Crippen LogP contribution in [0.5, 0.6) is 0 Å². The second kappa shape index (κ2) is 3.06. The van der Waals surface area contributed by atoms with Gasteiger partial charge < -0.3 is 9.84 Å². The molecule has 1 aliphatic heterocycles. The third-order valence-electron chi connectivity index (χ3n) is 1.79. The lowest BCUT2D eigenvalue weighted by Crippen LogP contribution is -2.26. The largest absolute Gasteiger partial charge is 0.495 e. The average Bonchev–Trinajstić information content (AvgIpc) is 1.85. The van der Waals surface area contributed by atoms with E-state index in [9.17, 15) is 5.11 Å². The standard InChI is InChI=1S/C8H14O2/c1-3-8-5-7(9)4-6(2)10-8/h7-9H,2-5H2,1H3/t7-,8+/m0/s1. The lowest BCUT2D eigenvalue weighted by molar-refractivity contribution is 0.000781. The van der Waals surface area contributed by atoms with Crippen molar-refractivity contribution in [2.45, 2.75) is 38.4 Å². The van der Waals surface area contributed by atoms with Gasteiger partial charge in [0.05, 0.1) is 11.9 Å². The summed E-state index contributed by atoms with van der Waals surface area (Å²) in [5.41, 5.74) is 0. The minimum atomic E-state index is -0.230. The maximum absolute atomic E-state index is 9.24. The third-order valence-corrected chi connectivity index (χ3v) is 1.79. The van der Waals surface area contributed by atoms with Crippen LogP contribution in [0.15, 0.2) is 12.3 Å². The molecule has 0 aromatic rings. The minimum absolute atomic E-state index is 0.191. The van der Waals surface area contributed by atoms with Crippen molar-refractivity contribution >= 4 is 0 Å². The van der Waals surface area contributed by atoms with Gasteiger partial charge in [0.1, 0.15) is 6.10 Å². The Hall–Kier alpha value is -0.500. The first-order chi connectivity index (χ1) is 4.72. The van der Waals surface area contributed by atoms with E-state index in [1.165, 1.54) is 0 Å². The number of hydrogen-bond acceptors (Lipinski definition) is 2. The maximum atomic E-state index is 9.24. The van der Waals surface area contributed by atoms with Gasteiger partial charge in [-0.15, -0.1) is 0 Å². The highest BCUT2D eigenvalue weighted by Gasteiger charge is 2.21. The fourth-order valence-corrected chi connectivity index (χ4v) is 1.23. The predicted molar refractivity (Wildman–Crippen MR) is 39.5 cm³/mol. The van der Waals surface area contributed by atoms with Crippen LogP contribution in [0.2, 0.25) is 0 Å². The molecule has 1 aliphatic rings. The van der Waals surface area contributed by atoms with Crippen molar-refractivity contribution in [3.8, 4) is 0 Å². The van der Waals surface area contributed by atoms with Crippen molar-refractivity contribution in [3.05, 3.63) is 12.3 Å². The molecule has 0 aliphatic carbocycles. The third kappa shape index (κ3) is 1.74. The van der Waals surface area contributed by atoms with Crippen molar-refractivity contribution in [3.63, 3.8) is 0 Å². The highest BCUT2D eigenvalue weighted by Crippen LogP contribution is 2.22. The molecule has 0 unspecified atom stereocenters. The van der Waals surface area contributed by atoms with Crippen LogP contribution in [-0.2, 0) is 4.74 Å². The monoisotopic (exact) mass is 142 g/mol. The summed E-state index contributed by atoms with van der Waals surface area (Å²) in [5.74, 6) is 0.727. The van der Waals surface area contributed by atoms with Gasteiger partial charge in [-0.3, -0.25) is 0 Å². The normalized spacial score (nSPS) is 33.6. The maximum Gasteiger partial charge on any atom is 0.100 e. The molecule has 2 atom stereocenters. The van der Waals surface area contributed by atoms with Crippen LogP contribution in [-0.4, -0.2) is 17.3 Å². The summed E-state index contributed by atoms with van der Waals surface area (Å²) < 4.78 is 5.35. The molecule has 0 saturated carbocycles. The van der Waals surface area contributed by atoms with Crippen LogP contribution < -0.4 is 0 Å². The van der Waals surface area contributed by atoms with E-state index in [4.69, 9.17) is 4.74 Å². The summed E-state index contributed by atoms with van der Waals surface area (Å²) >= 11 is 0. The number of aliphatic hydroxyl groups excluding tert-OH is 1. The molecule has 0 radical (unpaired) electrons. The van der Waals surface area contributed by atoms with Gasteiger partial charge >= 0.3 is 0 Å². The summed E-state index contributed by atoms with van der Waals surface area (Å²) in [6.45, 7) is 5.73. The summed E-state index contributed by atoms with van der Waals surface area (Å²) in [4.78, 5) is 0. The highest BCUT2D eigenvalue weighted by atomic mass is 16.5. The minimum Gasteiger partial charge on any atom is -0.495 e. The Labute approximate surface area is 61.5 Å². The van der Waals surface area contributed by atoms with Gasteiger partial charge in [0, 0.05) is 12.8 Å². The predicted octanol–water partition coefficient (Wildman–Crippen LogP) is 1.45. The van der Waals surface area contributed by atoms with Crippen LogP contribution >= 0.6 is 0 Å². The number of hydrogen-bond donors (Lipinski definition) is 1. The molecular weight excluding hydrogens is 128 g/mol. The lowest BCUT2D eigenvalue weighted by Gasteiger charge is -2.27. The van der Waals surface area contributed by atoms with Crippen molar-refractivity contribution in [2.75, 3.05) is 0 Å². The molecule has 58 valence electrons. The van der Waals surface area contributed by atoms with Gasteiger partial charge in [-0.2, -0.15) is 0 Å². The Balaban J connectivity index is 2.42. The van der Waals surface area contributed by atoms with Gasteiger partial charge in [0.2, 0.25) is 0 Å².